The first kappa shape index (κ1) is 12.5. The van der Waals surface area contributed by atoms with Crippen LogP contribution in [0.15, 0.2) is 0 Å². The molecule has 0 heterocycles. The molecule has 1 fully saturated rings. The molecule has 1 saturated carbocycles. The summed E-state index contributed by atoms with van der Waals surface area (Å²) in [7, 11) is 1.45. The third kappa shape index (κ3) is 4.20. The minimum absolute atomic E-state index is 0.112. The largest absolute Gasteiger partial charge is 0.469 e. The van der Waals surface area contributed by atoms with Gasteiger partial charge in [-0.1, -0.05) is 26.7 Å². The van der Waals surface area contributed by atoms with E-state index in [0.717, 1.165) is 0 Å². The fraction of sp³-hybridized carbons (Fsp3) is 0.917. The van der Waals surface area contributed by atoms with Crippen LogP contribution in [-0.4, -0.2) is 25.2 Å². The molecule has 0 radical (unpaired) electrons. The molecule has 1 unspecified atom stereocenters. The quantitative estimate of drug-likeness (QED) is 0.711. The number of carbonyl (C=O) groups is 1. The molecular weight excluding hydrogens is 190 g/mol. The molecule has 1 aliphatic carbocycles. The maximum Gasteiger partial charge on any atom is 0.307 e. The maximum absolute atomic E-state index is 11.2. The number of rotatable bonds is 5. The summed E-state index contributed by atoms with van der Waals surface area (Å²) in [5, 5.41) is 3.58. The predicted molar refractivity (Wildman–Crippen MR) is 60.7 cm³/mol. The van der Waals surface area contributed by atoms with Gasteiger partial charge in [-0.3, -0.25) is 4.79 Å². The second kappa shape index (κ2) is 6.11. The van der Waals surface area contributed by atoms with E-state index in [9.17, 15) is 4.79 Å². The molecule has 1 aliphatic rings. The lowest BCUT2D eigenvalue weighted by atomic mass is 9.99. The van der Waals surface area contributed by atoms with E-state index in [-0.39, 0.29) is 12.0 Å². The van der Waals surface area contributed by atoms with Crippen molar-refractivity contribution in [2.45, 2.75) is 58.0 Å². The van der Waals surface area contributed by atoms with Gasteiger partial charge in [0.2, 0.25) is 0 Å². The number of hydrogen-bond donors (Lipinski definition) is 1. The van der Waals surface area contributed by atoms with Gasteiger partial charge in [-0.05, 0) is 18.8 Å². The van der Waals surface area contributed by atoms with E-state index in [4.69, 9.17) is 4.74 Å². The van der Waals surface area contributed by atoms with E-state index in [2.05, 4.69) is 19.2 Å². The number of nitrogens with one attached hydrogen (secondary N) is 1. The van der Waals surface area contributed by atoms with Crippen LogP contribution in [-0.2, 0) is 9.53 Å². The van der Waals surface area contributed by atoms with Crippen LogP contribution in [0, 0.1) is 5.92 Å². The van der Waals surface area contributed by atoms with Crippen LogP contribution in [0.2, 0.25) is 0 Å². The van der Waals surface area contributed by atoms with E-state index >= 15 is 0 Å². The first-order valence-corrected chi connectivity index (χ1v) is 5.96. The van der Waals surface area contributed by atoms with Crippen LogP contribution >= 0.6 is 0 Å². The average molecular weight is 213 g/mol. The van der Waals surface area contributed by atoms with Crippen molar-refractivity contribution in [2.75, 3.05) is 7.11 Å². The molecule has 0 aliphatic heterocycles. The molecule has 0 bridgehead atoms. The van der Waals surface area contributed by atoms with E-state index in [0.29, 0.717) is 18.4 Å². The standard InChI is InChI=1S/C12H23NO2/c1-9(2)11(8-12(14)15-3)13-10-6-4-5-7-10/h9-11,13H,4-8H2,1-3H3. The number of methoxy groups -OCH3 is 1. The van der Waals surface area contributed by atoms with Crippen molar-refractivity contribution in [3.8, 4) is 0 Å². The summed E-state index contributed by atoms with van der Waals surface area (Å²) in [4.78, 5) is 11.2. The number of esters is 1. The predicted octanol–water partition coefficient (Wildman–Crippen LogP) is 2.11. The van der Waals surface area contributed by atoms with Gasteiger partial charge in [0.25, 0.3) is 0 Å². The second-order valence-electron chi connectivity index (χ2n) is 4.78. The Balaban J connectivity index is 2.38. The summed E-state index contributed by atoms with van der Waals surface area (Å²) in [5.74, 6) is 0.365. The lowest BCUT2D eigenvalue weighted by molar-refractivity contribution is -0.141. The van der Waals surface area contributed by atoms with Gasteiger partial charge in [-0.15, -0.1) is 0 Å². The molecule has 1 N–H and O–H groups in total. The average Bonchev–Trinajstić information content (AvgIpc) is 2.69. The zero-order valence-electron chi connectivity index (χ0n) is 10.1. The first-order valence-electron chi connectivity index (χ1n) is 5.96. The smallest absolute Gasteiger partial charge is 0.307 e. The van der Waals surface area contributed by atoms with Crippen LogP contribution in [0.5, 0.6) is 0 Å². The van der Waals surface area contributed by atoms with Gasteiger partial charge in [0.1, 0.15) is 0 Å². The lowest BCUT2D eigenvalue weighted by Crippen LogP contribution is -2.41. The van der Waals surface area contributed by atoms with Crippen molar-refractivity contribution in [1.29, 1.82) is 0 Å². The molecule has 0 aromatic carbocycles. The Labute approximate surface area is 92.6 Å². The number of ether oxygens (including phenoxy) is 1. The molecule has 88 valence electrons. The third-order valence-electron chi connectivity index (χ3n) is 3.22. The molecule has 1 rings (SSSR count). The highest BCUT2D eigenvalue weighted by Crippen LogP contribution is 2.20. The van der Waals surface area contributed by atoms with E-state index in [1.54, 1.807) is 0 Å². The van der Waals surface area contributed by atoms with Crippen LogP contribution in [0.3, 0.4) is 0 Å². The van der Waals surface area contributed by atoms with Crippen LogP contribution in [0.1, 0.15) is 46.0 Å². The van der Waals surface area contributed by atoms with Gasteiger partial charge in [-0.2, -0.15) is 0 Å². The summed E-state index contributed by atoms with van der Waals surface area (Å²) in [6.07, 6.45) is 5.64. The zero-order valence-corrected chi connectivity index (χ0v) is 10.1. The van der Waals surface area contributed by atoms with Gasteiger partial charge in [0, 0.05) is 12.1 Å². The van der Waals surface area contributed by atoms with Crippen molar-refractivity contribution in [3.05, 3.63) is 0 Å². The maximum atomic E-state index is 11.2. The summed E-state index contributed by atoms with van der Waals surface area (Å²) in [6, 6.07) is 0.877. The Hall–Kier alpha value is -0.570. The minimum atomic E-state index is -0.112. The third-order valence-corrected chi connectivity index (χ3v) is 3.22. The Kier molecular flexibility index (Phi) is 5.09. The van der Waals surface area contributed by atoms with Crippen molar-refractivity contribution in [2.24, 2.45) is 5.92 Å². The van der Waals surface area contributed by atoms with Gasteiger partial charge in [0.15, 0.2) is 0 Å². The number of hydrogen-bond acceptors (Lipinski definition) is 3. The summed E-state index contributed by atoms with van der Waals surface area (Å²) < 4.78 is 4.72. The molecule has 0 aromatic rings. The molecule has 0 amide bonds. The summed E-state index contributed by atoms with van der Waals surface area (Å²) in [5.41, 5.74) is 0. The first-order chi connectivity index (χ1) is 7.13. The lowest BCUT2D eigenvalue weighted by Gasteiger charge is -2.25. The normalized spacial score (nSPS) is 19.5. The van der Waals surface area contributed by atoms with E-state index < -0.39 is 0 Å². The highest BCUT2D eigenvalue weighted by Gasteiger charge is 2.23. The highest BCUT2D eigenvalue weighted by atomic mass is 16.5. The number of carbonyl (C=O) groups excluding carboxylic acids is 1. The fourth-order valence-corrected chi connectivity index (χ4v) is 2.15. The van der Waals surface area contributed by atoms with Crippen molar-refractivity contribution in [3.63, 3.8) is 0 Å². The van der Waals surface area contributed by atoms with Gasteiger partial charge < -0.3 is 10.1 Å². The Morgan fingerprint density at radius 2 is 2.00 bits per heavy atom. The SMILES string of the molecule is COC(=O)CC(NC1CCCC1)C(C)C. The monoisotopic (exact) mass is 213 g/mol. The molecule has 3 nitrogen and oxygen atoms in total. The second-order valence-corrected chi connectivity index (χ2v) is 4.78. The van der Waals surface area contributed by atoms with E-state index in [1.807, 2.05) is 0 Å². The van der Waals surface area contributed by atoms with Gasteiger partial charge in [0.05, 0.1) is 13.5 Å². The van der Waals surface area contributed by atoms with Crippen molar-refractivity contribution < 1.29 is 9.53 Å². The topological polar surface area (TPSA) is 38.3 Å². The van der Waals surface area contributed by atoms with Gasteiger partial charge >= 0.3 is 5.97 Å². The Morgan fingerprint density at radius 3 is 2.47 bits per heavy atom. The summed E-state index contributed by atoms with van der Waals surface area (Å²) in [6.45, 7) is 4.30. The summed E-state index contributed by atoms with van der Waals surface area (Å²) >= 11 is 0. The molecule has 0 aromatic heterocycles. The van der Waals surface area contributed by atoms with E-state index in [1.165, 1.54) is 32.8 Å². The van der Waals surface area contributed by atoms with Crippen molar-refractivity contribution in [1.82, 2.24) is 5.32 Å². The molecule has 3 heteroatoms. The van der Waals surface area contributed by atoms with Crippen LogP contribution in [0.4, 0.5) is 0 Å². The fourth-order valence-electron chi connectivity index (χ4n) is 2.15. The molecule has 15 heavy (non-hydrogen) atoms. The molecule has 0 saturated heterocycles. The Morgan fingerprint density at radius 1 is 1.40 bits per heavy atom. The van der Waals surface area contributed by atoms with Crippen molar-refractivity contribution >= 4 is 5.97 Å². The molecular formula is C12H23NO2. The molecule has 1 atom stereocenters. The zero-order chi connectivity index (χ0) is 11.3. The molecule has 0 spiro atoms. The van der Waals surface area contributed by atoms with Gasteiger partial charge in [-0.25, -0.2) is 0 Å². The highest BCUT2D eigenvalue weighted by molar-refractivity contribution is 5.69. The Bertz CT molecular complexity index is 198. The van der Waals surface area contributed by atoms with Crippen LogP contribution < -0.4 is 5.32 Å². The van der Waals surface area contributed by atoms with Crippen LogP contribution in [0.25, 0.3) is 0 Å². The minimum Gasteiger partial charge on any atom is -0.469 e.